The zero-order valence-electron chi connectivity index (χ0n) is 10.7. The van der Waals surface area contributed by atoms with E-state index in [1.54, 1.807) is 0 Å². The first kappa shape index (κ1) is 13.5. The van der Waals surface area contributed by atoms with Gasteiger partial charge in [0.25, 0.3) is 0 Å². The molecule has 102 valence electrons. The van der Waals surface area contributed by atoms with Gasteiger partial charge in [-0.15, -0.1) is 10.2 Å². The lowest BCUT2D eigenvalue weighted by Gasteiger charge is -2.12. The summed E-state index contributed by atoms with van der Waals surface area (Å²) in [6.45, 7) is 0.893. The minimum absolute atomic E-state index is 0.0936. The first-order chi connectivity index (χ1) is 8.47. The van der Waals surface area contributed by atoms with Gasteiger partial charge in [-0.05, 0) is 19.3 Å². The van der Waals surface area contributed by atoms with Crippen molar-refractivity contribution < 1.29 is 8.42 Å². The molecule has 2 heterocycles. The second-order valence-corrected chi connectivity index (χ2v) is 7.22. The molecule has 1 unspecified atom stereocenters. The van der Waals surface area contributed by atoms with Crippen LogP contribution >= 0.6 is 0 Å². The third kappa shape index (κ3) is 3.29. The van der Waals surface area contributed by atoms with E-state index in [1.165, 1.54) is 12.7 Å². The van der Waals surface area contributed by atoms with Crippen molar-refractivity contribution in [2.45, 2.75) is 44.7 Å². The van der Waals surface area contributed by atoms with Crippen LogP contribution in [0.2, 0.25) is 0 Å². The zero-order valence-corrected chi connectivity index (χ0v) is 11.5. The SMILES string of the molecule is CS(=O)(=O)CCC(N)c1nnc2n1CCCCC2. The predicted octanol–water partition coefficient (Wildman–Crippen LogP) is 0.439. The van der Waals surface area contributed by atoms with Crippen molar-refractivity contribution in [3.8, 4) is 0 Å². The number of sulfone groups is 1. The number of hydrogen-bond donors (Lipinski definition) is 1. The van der Waals surface area contributed by atoms with Gasteiger partial charge >= 0.3 is 0 Å². The smallest absolute Gasteiger partial charge is 0.150 e. The Bertz CT molecular complexity index is 509. The number of hydrogen-bond acceptors (Lipinski definition) is 5. The molecule has 6 nitrogen and oxygen atoms in total. The van der Waals surface area contributed by atoms with Crippen LogP contribution < -0.4 is 5.73 Å². The van der Waals surface area contributed by atoms with Gasteiger partial charge in [-0.3, -0.25) is 0 Å². The summed E-state index contributed by atoms with van der Waals surface area (Å²) in [5, 5.41) is 8.30. The molecule has 0 aromatic carbocycles. The van der Waals surface area contributed by atoms with Gasteiger partial charge in [0.15, 0.2) is 0 Å². The topological polar surface area (TPSA) is 90.9 Å². The van der Waals surface area contributed by atoms with Crippen LogP contribution in [-0.2, 0) is 22.8 Å². The first-order valence-electron chi connectivity index (χ1n) is 6.32. The average molecular weight is 272 g/mol. The van der Waals surface area contributed by atoms with Gasteiger partial charge in [-0.2, -0.15) is 0 Å². The van der Waals surface area contributed by atoms with Crippen molar-refractivity contribution in [1.82, 2.24) is 14.8 Å². The lowest BCUT2D eigenvalue weighted by molar-refractivity contribution is 0.546. The predicted molar refractivity (Wildman–Crippen MR) is 68.8 cm³/mol. The number of aromatic nitrogens is 3. The second-order valence-electron chi connectivity index (χ2n) is 4.96. The number of nitrogens with two attached hydrogens (primary N) is 1. The van der Waals surface area contributed by atoms with Gasteiger partial charge in [-0.1, -0.05) is 6.42 Å². The van der Waals surface area contributed by atoms with Gasteiger partial charge in [-0.25, -0.2) is 8.42 Å². The van der Waals surface area contributed by atoms with Crippen LogP contribution in [0.25, 0.3) is 0 Å². The summed E-state index contributed by atoms with van der Waals surface area (Å²) in [5.41, 5.74) is 6.03. The quantitative estimate of drug-likeness (QED) is 0.858. The van der Waals surface area contributed by atoms with Crippen molar-refractivity contribution in [2.75, 3.05) is 12.0 Å². The molecule has 1 atom stereocenters. The van der Waals surface area contributed by atoms with Crippen LogP contribution in [0.15, 0.2) is 0 Å². The molecule has 0 amide bonds. The van der Waals surface area contributed by atoms with E-state index >= 15 is 0 Å². The van der Waals surface area contributed by atoms with Gasteiger partial charge in [0.2, 0.25) is 0 Å². The lowest BCUT2D eigenvalue weighted by Crippen LogP contribution is -2.20. The van der Waals surface area contributed by atoms with Crippen LogP contribution in [0, 0.1) is 0 Å². The van der Waals surface area contributed by atoms with E-state index in [9.17, 15) is 8.42 Å². The van der Waals surface area contributed by atoms with E-state index in [2.05, 4.69) is 14.8 Å². The highest BCUT2D eigenvalue weighted by Gasteiger charge is 2.20. The molecule has 1 aromatic heterocycles. The lowest BCUT2D eigenvalue weighted by atomic mass is 10.2. The highest BCUT2D eigenvalue weighted by atomic mass is 32.2. The molecule has 0 fully saturated rings. The Morgan fingerprint density at radius 3 is 2.83 bits per heavy atom. The summed E-state index contributed by atoms with van der Waals surface area (Å²) in [6.07, 6.45) is 6.00. The molecule has 18 heavy (non-hydrogen) atoms. The Balaban J connectivity index is 2.11. The zero-order chi connectivity index (χ0) is 13.2. The Hall–Kier alpha value is -0.950. The summed E-state index contributed by atoms with van der Waals surface area (Å²) in [6, 6.07) is -0.348. The fraction of sp³-hybridized carbons (Fsp3) is 0.818. The van der Waals surface area contributed by atoms with Gasteiger partial charge in [0.05, 0.1) is 11.8 Å². The minimum atomic E-state index is -2.98. The number of nitrogens with zero attached hydrogens (tertiary/aromatic N) is 3. The summed E-state index contributed by atoms with van der Waals surface area (Å²) in [4.78, 5) is 0. The van der Waals surface area contributed by atoms with E-state index < -0.39 is 9.84 Å². The minimum Gasteiger partial charge on any atom is -0.321 e. The van der Waals surface area contributed by atoms with Crippen molar-refractivity contribution in [3.05, 3.63) is 11.6 Å². The van der Waals surface area contributed by atoms with Crippen LogP contribution in [0.4, 0.5) is 0 Å². The molecule has 2 rings (SSSR count). The fourth-order valence-electron chi connectivity index (χ4n) is 2.25. The van der Waals surface area contributed by atoms with Crippen molar-refractivity contribution >= 4 is 9.84 Å². The molecule has 1 aromatic rings. The maximum absolute atomic E-state index is 11.2. The van der Waals surface area contributed by atoms with E-state index in [4.69, 9.17) is 5.73 Å². The Labute approximate surface area is 108 Å². The molecule has 1 aliphatic heterocycles. The molecule has 0 aliphatic carbocycles. The molecular weight excluding hydrogens is 252 g/mol. The van der Waals surface area contributed by atoms with Gasteiger partial charge in [0.1, 0.15) is 21.5 Å². The average Bonchev–Trinajstić information content (AvgIpc) is 2.54. The highest BCUT2D eigenvalue weighted by Crippen LogP contribution is 2.19. The summed E-state index contributed by atoms with van der Waals surface area (Å²) < 4.78 is 24.4. The maximum atomic E-state index is 11.2. The Kier molecular flexibility index (Phi) is 4.01. The molecule has 0 saturated heterocycles. The van der Waals surface area contributed by atoms with Crippen molar-refractivity contribution in [3.63, 3.8) is 0 Å². The Morgan fingerprint density at radius 1 is 1.33 bits per heavy atom. The van der Waals surface area contributed by atoms with Crippen molar-refractivity contribution in [2.24, 2.45) is 5.73 Å². The van der Waals surface area contributed by atoms with Crippen LogP contribution in [-0.4, -0.2) is 35.2 Å². The molecule has 1 aliphatic rings. The van der Waals surface area contributed by atoms with Crippen LogP contribution in [0.5, 0.6) is 0 Å². The normalized spacial score (nSPS) is 18.1. The monoisotopic (exact) mass is 272 g/mol. The number of fused-ring (bicyclic) bond motifs is 1. The molecule has 0 bridgehead atoms. The largest absolute Gasteiger partial charge is 0.321 e. The number of aryl methyl sites for hydroxylation is 1. The van der Waals surface area contributed by atoms with Crippen LogP contribution in [0.3, 0.4) is 0 Å². The standard InChI is InChI=1S/C11H20N4O2S/c1-18(16,17)8-6-9(12)11-14-13-10-5-3-2-4-7-15(10)11/h9H,2-8,12H2,1H3. The third-order valence-electron chi connectivity index (χ3n) is 3.27. The van der Waals surface area contributed by atoms with E-state index in [0.29, 0.717) is 6.42 Å². The number of rotatable bonds is 4. The maximum Gasteiger partial charge on any atom is 0.150 e. The summed E-state index contributed by atoms with van der Waals surface area (Å²) in [5.74, 6) is 1.81. The van der Waals surface area contributed by atoms with Crippen LogP contribution in [0.1, 0.15) is 43.4 Å². The molecule has 2 N–H and O–H groups in total. The van der Waals surface area contributed by atoms with E-state index in [-0.39, 0.29) is 11.8 Å². The van der Waals surface area contributed by atoms with E-state index in [1.807, 2.05) is 0 Å². The van der Waals surface area contributed by atoms with E-state index in [0.717, 1.165) is 37.5 Å². The van der Waals surface area contributed by atoms with Crippen molar-refractivity contribution in [1.29, 1.82) is 0 Å². The third-order valence-corrected chi connectivity index (χ3v) is 4.25. The molecule has 0 saturated carbocycles. The molecule has 7 heteroatoms. The second kappa shape index (κ2) is 5.36. The van der Waals surface area contributed by atoms with Gasteiger partial charge < -0.3 is 10.3 Å². The summed E-state index contributed by atoms with van der Waals surface area (Å²) in [7, 11) is -2.98. The highest BCUT2D eigenvalue weighted by molar-refractivity contribution is 7.90. The summed E-state index contributed by atoms with van der Waals surface area (Å²) >= 11 is 0. The molecule has 0 radical (unpaired) electrons. The Morgan fingerprint density at radius 2 is 2.11 bits per heavy atom. The van der Waals surface area contributed by atoms with Gasteiger partial charge in [0, 0.05) is 19.2 Å². The first-order valence-corrected chi connectivity index (χ1v) is 8.39. The molecular formula is C11H20N4O2S. The molecule has 0 spiro atoms. The fourth-order valence-corrected chi connectivity index (χ4v) is 2.93.